The molecule has 4 heteroatoms. The molecule has 0 spiro atoms. The average Bonchev–Trinajstić information content (AvgIpc) is 2.03. The molecule has 11 heavy (non-hydrogen) atoms. The Morgan fingerprint density at radius 1 is 1.36 bits per heavy atom. The summed E-state index contributed by atoms with van der Waals surface area (Å²) < 4.78 is 10.1. The molecule has 0 unspecified atom stereocenters. The molecule has 0 aromatic heterocycles. The summed E-state index contributed by atoms with van der Waals surface area (Å²) in [5, 5.41) is 9.05. The van der Waals surface area contributed by atoms with Crippen LogP contribution in [0, 0.1) is 0 Å². The minimum Gasteiger partial charge on any atom is -0.503 e. The van der Waals surface area contributed by atoms with Gasteiger partial charge in [0.15, 0.2) is 5.76 Å². The van der Waals surface area contributed by atoms with Crippen LogP contribution in [0.1, 0.15) is 13.8 Å². The Morgan fingerprint density at radius 3 is 2.55 bits per heavy atom. The minimum atomic E-state index is -0.769. The van der Waals surface area contributed by atoms with Crippen LogP contribution < -0.4 is 5.73 Å². The summed E-state index contributed by atoms with van der Waals surface area (Å²) in [7, 11) is 0. The summed E-state index contributed by atoms with van der Waals surface area (Å²) >= 11 is 0. The van der Waals surface area contributed by atoms with Gasteiger partial charge in [-0.25, -0.2) is 0 Å². The van der Waals surface area contributed by atoms with Crippen LogP contribution in [-0.2, 0) is 9.47 Å². The molecule has 0 aromatic carbocycles. The highest BCUT2D eigenvalue weighted by Crippen LogP contribution is 2.18. The van der Waals surface area contributed by atoms with Gasteiger partial charge in [0.05, 0.1) is 0 Å². The third-order valence-corrected chi connectivity index (χ3v) is 1.22. The summed E-state index contributed by atoms with van der Waals surface area (Å²) in [4.78, 5) is 0. The van der Waals surface area contributed by atoms with Crippen molar-refractivity contribution in [2.75, 3.05) is 0 Å². The van der Waals surface area contributed by atoms with E-state index in [1.165, 1.54) is 12.5 Å². The maximum Gasteiger partial charge on any atom is 0.244 e. The lowest BCUT2D eigenvalue weighted by molar-refractivity contribution is -0.141. The van der Waals surface area contributed by atoms with Crippen LogP contribution in [0.2, 0.25) is 0 Å². The van der Waals surface area contributed by atoms with E-state index >= 15 is 0 Å². The molecule has 1 rings (SSSR count). The zero-order valence-corrected chi connectivity index (χ0v) is 6.50. The van der Waals surface area contributed by atoms with E-state index in [0.29, 0.717) is 0 Å². The van der Waals surface area contributed by atoms with Gasteiger partial charge in [-0.1, -0.05) is 0 Å². The van der Waals surface area contributed by atoms with Crippen LogP contribution in [0.15, 0.2) is 24.0 Å². The van der Waals surface area contributed by atoms with Crippen LogP contribution in [0.4, 0.5) is 0 Å². The second-order valence-corrected chi connectivity index (χ2v) is 2.71. The predicted molar refractivity (Wildman–Crippen MR) is 39.2 cm³/mol. The zero-order chi connectivity index (χ0) is 8.48. The lowest BCUT2D eigenvalue weighted by Gasteiger charge is -2.21. The zero-order valence-electron chi connectivity index (χ0n) is 6.50. The highest BCUT2D eigenvalue weighted by Gasteiger charge is 2.21. The molecular formula is C7H11NO3. The fourth-order valence-corrected chi connectivity index (χ4v) is 0.559. The molecule has 3 N–H and O–H groups in total. The van der Waals surface area contributed by atoms with Crippen molar-refractivity contribution in [3.63, 3.8) is 0 Å². The Bertz CT molecular complexity index is 196. The molecule has 0 bridgehead atoms. The predicted octanol–water partition coefficient (Wildman–Crippen LogP) is 0.969. The fourth-order valence-electron chi connectivity index (χ4n) is 0.559. The van der Waals surface area contributed by atoms with Gasteiger partial charge in [-0.15, -0.1) is 0 Å². The smallest absolute Gasteiger partial charge is 0.244 e. The summed E-state index contributed by atoms with van der Waals surface area (Å²) in [5.74, 6) is -0.884. The van der Waals surface area contributed by atoms with Crippen LogP contribution in [0.25, 0.3) is 0 Å². The molecule has 0 radical (unpaired) electrons. The van der Waals surface area contributed by atoms with E-state index in [-0.39, 0.29) is 11.5 Å². The molecule has 0 aromatic rings. The van der Waals surface area contributed by atoms with Gasteiger partial charge >= 0.3 is 0 Å². The topological polar surface area (TPSA) is 64.7 Å². The Hall–Kier alpha value is -1.32. The van der Waals surface area contributed by atoms with Gasteiger partial charge in [0.1, 0.15) is 18.2 Å². The molecule has 4 nitrogen and oxygen atoms in total. The normalized spacial score (nSPS) is 22.0. The summed E-state index contributed by atoms with van der Waals surface area (Å²) in [6, 6.07) is 0. The molecule has 62 valence electrons. The molecule has 1 aliphatic heterocycles. The largest absolute Gasteiger partial charge is 0.503 e. The maximum absolute atomic E-state index is 9.05. The summed E-state index contributed by atoms with van der Waals surface area (Å²) in [5.41, 5.74) is 5.50. The van der Waals surface area contributed by atoms with Crippen molar-refractivity contribution >= 4 is 0 Å². The Labute approximate surface area is 64.9 Å². The number of ether oxygens (including phenoxy) is 2. The number of nitrogens with two attached hydrogens (primary N) is 1. The van der Waals surface area contributed by atoms with Gasteiger partial charge in [-0.2, -0.15) is 0 Å². The van der Waals surface area contributed by atoms with Gasteiger partial charge in [0.2, 0.25) is 5.79 Å². The van der Waals surface area contributed by atoms with Crippen LogP contribution in [0.5, 0.6) is 0 Å². The number of aliphatic hydroxyl groups is 1. The van der Waals surface area contributed by atoms with Crippen LogP contribution in [0.3, 0.4) is 0 Å². The summed E-state index contributed by atoms with van der Waals surface area (Å²) in [6.45, 7) is 3.43. The number of aliphatic hydroxyl groups excluding tert-OH is 1. The monoisotopic (exact) mass is 157 g/mol. The van der Waals surface area contributed by atoms with Crippen LogP contribution >= 0.6 is 0 Å². The van der Waals surface area contributed by atoms with Crippen LogP contribution in [-0.4, -0.2) is 10.9 Å². The van der Waals surface area contributed by atoms with Gasteiger partial charge in [0, 0.05) is 13.8 Å². The van der Waals surface area contributed by atoms with Gasteiger partial charge in [-0.3, -0.25) is 0 Å². The molecule has 1 heterocycles. The Morgan fingerprint density at radius 2 is 1.91 bits per heavy atom. The molecule has 0 amide bonds. The molecular weight excluding hydrogens is 146 g/mol. The minimum absolute atomic E-state index is 0.115. The van der Waals surface area contributed by atoms with Crippen molar-refractivity contribution in [2.24, 2.45) is 5.73 Å². The molecule has 1 aliphatic rings. The van der Waals surface area contributed by atoms with E-state index in [1.807, 2.05) is 0 Å². The summed E-state index contributed by atoms with van der Waals surface area (Å²) in [6.07, 6.45) is 2.43. The standard InChI is InChI=1S/C7H11NO3/c1-7(2)10-3-5(8)6(9)4-11-7/h3-4,9H,8H2,1-2H3. The van der Waals surface area contributed by atoms with Gasteiger partial charge in [-0.05, 0) is 0 Å². The van der Waals surface area contributed by atoms with Crippen molar-refractivity contribution < 1.29 is 14.6 Å². The van der Waals surface area contributed by atoms with E-state index < -0.39 is 5.79 Å². The third kappa shape index (κ3) is 1.80. The Balaban J connectivity index is 2.84. The van der Waals surface area contributed by atoms with E-state index in [9.17, 15) is 0 Å². The second kappa shape index (κ2) is 2.38. The first-order chi connectivity index (χ1) is 5.01. The molecule has 0 atom stereocenters. The van der Waals surface area contributed by atoms with E-state index in [2.05, 4.69) is 0 Å². The highest BCUT2D eigenvalue weighted by atomic mass is 16.7. The maximum atomic E-state index is 9.05. The second-order valence-electron chi connectivity index (χ2n) is 2.71. The molecule has 0 saturated heterocycles. The van der Waals surface area contributed by atoms with Gasteiger partial charge in [0.25, 0.3) is 0 Å². The third-order valence-electron chi connectivity index (χ3n) is 1.22. The highest BCUT2D eigenvalue weighted by molar-refractivity contribution is 5.18. The molecule has 0 aliphatic carbocycles. The number of rotatable bonds is 0. The van der Waals surface area contributed by atoms with Crippen molar-refractivity contribution in [3.8, 4) is 0 Å². The fraction of sp³-hybridized carbons (Fsp3) is 0.429. The molecule has 0 saturated carbocycles. The lowest BCUT2D eigenvalue weighted by Crippen LogP contribution is -2.22. The van der Waals surface area contributed by atoms with Crippen molar-refractivity contribution in [1.29, 1.82) is 0 Å². The van der Waals surface area contributed by atoms with Crippen molar-refractivity contribution in [1.82, 2.24) is 0 Å². The average molecular weight is 157 g/mol. The first-order valence-electron chi connectivity index (χ1n) is 3.22. The quantitative estimate of drug-likeness (QED) is 0.550. The van der Waals surface area contributed by atoms with Crippen molar-refractivity contribution in [3.05, 3.63) is 24.0 Å². The SMILES string of the molecule is CC1(C)OC=C(N)C(O)=CO1. The first-order valence-corrected chi connectivity index (χ1v) is 3.22. The van der Waals surface area contributed by atoms with E-state index in [1.54, 1.807) is 13.8 Å². The number of hydrogen-bond donors (Lipinski definition) is 2. The van der Waals surface area contributed by atoms with Crippen molar-refractivity contribution in [2.45, 2.75) is 19.6 Å². The molecule has 0 fully saturated rings. The van der Waals surface area contributed by atoms with E-state index in [0.717, 1.165) is 0 Å². The Kier molecular flexibility index (Phi) is 1.68. The first kappa shape index (κ1) is 7.78. The van der Waals surface area contributed by atoms with E-state index in [4.69, 9.17) is 20.3 Å². The number of hydrogen-bond acceptors (Lipinski definition) is 4. The lowest BCUT2D eigenvalue weighted by atomic mass is 10.4. The van der Waals surface area contributed by atoms with Gasteiger partial charge < -0.3 is 20.3 Å².